The summed E-state index contributed by atoms with van der Waals surface area (Å²) in [6, 6.07) is 22.6. The second-order valence-corrected chi connectivity index (χ2v) is 9.31. The Bertz CT molecular complexity index is 1430. The van der Waals surface area contributed by atoms with Crippen molar-refractivity contribution in [3.63, 3.8) is 0 Å². The highest BCUT2D eigenvalue weighted by atomic mass is 32.1. The number of nitrogens with zero attached hydrogens (tertiary/aromatic N) is 3. The Balaban J connectivity index is 1.59. The Hall–Kier alpha value is -3.84. The summed E-state index contributed by atoms with van der Waals surface area (Å²) in [7, 11) is 0. The zero-order valence-corrected chi connectivity index (χ0v) is 21.3. The average molecular weight is 499 g/mol. The highest BCUT2D eigenvalue weighted by Crippen LogP contribution is 2.38. The Morgan fingerprint density at radius 1 is 1.00 bits per heavy atom. The lowest BCUT2D eigenvalue weighted by Gasteiger charge is -2.37. The van der Waals surface area contributed by atoms with E-state index in [1.54, 1.807) is 12.1 Å². The van der Waals surface area contributed by atoms with E-state index in [2.05, 4.69) is 65.6 Å². The first-order chi connectivity index (χ1) is 17.4. The molecule has 1 aliphatic rings. The number of rotatable bonds is 6. The van der Waals surface area contributed by atoms with Crippen LogP contribution in [0.5, 0.6) is 0 Å². The second-order valence-electron chi connectivity index (χ2n) is 8.92. The summed E-state index contributed by atoms with van der Waals surface area (Å²) in [6.45, 7) is 6.89. The largest absolute Gasteiger partial charge is 0.351 e. The summed E-state index contributed by atoms with van der Waals surface area (Å²) in [5, 5.41) is 8.36. The van der Waals surface area contributed by atoms with Crippen molar-refractivity contribution < 1.29 is 8.91 Å². The topological polar surface area (TPSA) is 54.2 Å². The number of hydrogen-bond donors (Lipinski definition) is 1. The monoisotopic (exact) mass is 498 g/mol. The zero-order chi connectivity index (χ0) is 25.2. The number of thiocarbonyl (C=S) groups is 1. The third-order valence-corrected chi connectivity index (χ3v) is 7.00. The van der Waals surface area contributed by atoms with Crippen LogP contribution in [0.2, 0.25) is 0 Å². The second kappa shape index (κ2) is 10.0. The first-order valence-corrected chi connectivity index (χ1v) is 12.4. The van der Waals surface area contributed by atoms with Gasteiger partial charge < -0.3 is 14.7 Å². The molecule has 0 spiro atoms. The molecular formula is C29H27FN4OS. The highest BCUT2D eigenvalue weighted by molar-refractivity contribution is 7.80. The van der Waals surface area contributed by atoms with Crippen LogP contribution in [0.3, 0.4) is 0 Å². The summed E-state index contributed by atoms with van der Waals surface area (Å²) in [5.41, 5.74) is 7.19. The van der Waals surface area contributed by atoms with Gasteiger partial charge in [0, 0.05) is 11.3 Å². The molecule has 1 unspecified atom stereocenters. The molecule has 5 rings (SSSR count). The fourth-order valence-electron chi connectivity index (χ4n) is 4.45. The van der Waals surface area contributed by atoms with Gasteiger partial charge in [0.05, 0.1) is 18.2 Å². The van der Waals surface area contributed by atoms with Crippen LogP contribution in [0.4, 0.5) is 4.39 Å². The molecular weight excluding hydrogens is 471 g/mol. The number of aryl methyl sites for hydroxylation is 2. The third-order valence-electron chi connectivity index (χ3n) is 6.67. The maximum absolute atomic E-state index is 13.4. The predicted octanol–water partition coefficient (Wildman–Crippen LogP) is 6.61. The molecule has 0 saturated carbocycles. The van der Waals surface area contributed by atoms with Crippen LogP contribution in [-0.2, 0) is 13.0 Å². The lowest BCUT2D eigenvalue weighted by atomic mass is 9.93. The number of benzene rings is 3. The lowest BCUT2D eigenvalue weighted by molar-refractivity contribution is 0.396. The first kappa shape index (κ1) is 23.9. The van der Waals surface area contributed by atoms with Gasteiger partial charge in [-0.2, -0.15) is 4.98 Å². The van der Waals surface area contributed by atoms with Crippen molar-refractivity contribution in [2.75, 3.05) is 0 Å². The number of nitrogens with one attached hydrogen (secondary N) is 1. The molecule has 0 radical (unpaired) electrons. The molecule has 4 aromatic rings. The summed E-state index contributed by atoms with van der Waals surface area (Å²) >= 11 is 5.85. The Kier molecular flexibility index (Phi) is 6.65. The van der Waals surface area contributed by atoms with E-state index in [1.165, 1.54) is 28.8 Å². The third kappa shape index (κ3) is 4.66. The van der Waals surface area contributed by atoms with E-state index in [1.807, 2.05) is 19.1 Å². The first-order valence-electron chi connectivity index (χ1n) is 12.0. The molecule has 0 bridgehead atoms. The zero-order valence-electron chi connectivity index (χ0n) is 20.5. The minimum absolute atomic E-state index is 0.252. The van der Waals surface area contributed by atoms with Gasteiger partial charge in [-0.3, -0.25) is 0 Å². The van der Waals surface area contributed by atoms with Gasteiger partial charge >= 0.3 is 0 Å². The predicted molar refractivity (Wildman–Crippen MR) is 143 cm³/mol. The highest BCUT2D eigenvalue weighted by Gasteiger charge is 2.34. The van der Waals surface area contributed by atoms with Crippen LogP contribution in [0, 0.1) is 12.7 Å². The van der Waals surface area contributed by atoms with Crippen molar-refractivity contribution in [3.8, 4) is 11.4 Å². The molecule has 1 aromatic heterocycles. The van der Waals surface area contributed by atoms with Crippen LogP contribution in [0.1, 0.15) is 48.0 Å². The van der Waals surface area contributed by atoms with E-state index in [0.29, 0.717) is 28.9 Å². The van der Waals surface area contributed by atoms with Gasteiger partial charge in [-0.05, 0) is 79.0 Å². The number of aromatic nitrogens is 2. The van der Waals surface area contributed by atoms with Crippen molar-refractivity contribution in [1.29, 1.82) is 0 Å². The van der Waals surface area contributed by atoms with Crippen molar-refractivity contribution in [2.45, 2.75) is 39.8 Å². The molecule has 36 heavy (non-hydrogen) atoms. The minimum atomic E-state index is -0.312. The summed E-state index contributed by atoms with van der Waals surface area (Å²) in [4.78, 5) is 6.78. The van der Waals surface area contributed by atoms with E-state index in [4.69, 9.17) is 21.7 Å². The molecule has 3 aromatic carbocycles. The van der Waals surface area contributed by atoms with Crippen LogP contribution < -0.4 is 5.32 Å². The number of hydrogen-bond acceptors (Lipinski definition) is 4. The fourth-order valence-corrected chi connectivity index (χ4v) is 4.77. The molecule has 0 fully saturated rings. The van der Waals surface area contributed by atoms with Gasteiger partial charge in [-0.15, -0.1) is 0 Å². The Labute approximate surface area is 215 Å². The maximum Gasteiger partial charge on any atom is 0.258 e. The molecule has 7 heteroatoms. The summed E-state index contributed by atoms with van der Waals surface area (Å²) in [5.74, 6) is 0.499. The SMILES string of the molecule is CCc1ccc(C2NC(=S)N(Cc3ccccc3C)C(C)=C2c2nc(-c3ccc(F)cc3)no2)cc1. The molecule has 5 nitrogen and oxygen atoms in total. The Morgan fingerprint density at radius 3 is 2.42 bits per heavy atom. The molecule has 1 atom stereocenters. The van der Waals surface area contributed by atoms with E-state index in [0.717, 1.165) is 23.3 Å². The van der Waals surface area contributed by atoms with Gasteiger partial charge in [-0.1, -0.05) is 60.6 Å². The van der Waals surface area contributed by atoms with Crippen molar-refractivity contribution in [2.24, 2.45) is 0 Å². The van der Waals surface area contributed by atoms with E-state index in [9.17, 15) is 4.39 Å². The van der Waals surface area contributed by atoms with Crippen LogP contribution >= 0.6 is 12.2 Å². The van der Waals surface area contributed by atoms with Crippen LogP contribution in [-0.4, -0.2) is 20.2 Å². The maximum atomic E-state index is 13.4. The summed E-state index contributed by atoms with van der Waals surface area (Å²) < 4.78 is 19.2. The smallest absolute Gasteiger partial charge is 0.258 e. The van der Waals surface area contributed by atoms with Crippen molar-refractivity contribution in [1.82, 2.24) is 20.4 Å². The van der Waals surface area contributed by atoms with E-state index >= 15 is 0 Å². The minimum Gasteiger partial charge on any atom is -0.351 e. The standard InChI is InChI=1S/C29H27FN4OS/c1-4-20-9-11-21(12-10-20)26-25(28-32-27(33-35-28)22-13-15-24(30)16-14-22)19(3)34(29(36)31-26)17-23-8-6-5-7-18(23)2/h5-16,26H,4,17H2,1-3H3,(H,31,36). The van der Waals surface area contributed by atoms with Crippen molar-refractivity contribution in [3.05, 3.63) is 112 Å². The van der Waals surface area contributed by atoms with E-state index in [-0.39, 0.29) is 11.9 Å². The molecule has 0 aliphatic carbocycles. The number of halogens is 1. The average Bonchev–Trinajstić information content (AvgIpc) is 3.37. The molecule has 1 aliphatic heterocycles. The van der Waals surface area contributed by atoms with E-state index < -0.39 is 0 Å². The van der Waals surface area contributed by atoms with Gasteiger partial charge in [0.25, 0.3) is 5.89 Å². The molecule has 1 N–H and O–H groups in total. The normalized spacial score (nSPS) is 15.8. The summed E-state index contributed by atoms with van der Waals surface area (Å²) in [6.07, 6.45) is 0.966. The lowest BCUT2D eigenvalue weighted by Crippen LogP contribution is -2.45. The number of allylic oxidation sites excluding steroid dienone is 1. The van der Waals surface area contributed by atoms with Gasteiger partial charge in [0.15, 0.2) is 5.11 Å². The van der Waals surface area contributed by atoms with Gasteiger partial charge in [0.2, 0.25) is 5.82 Å². The quantitative estimate of drug-likeness (QED) is 0.302. The van der Waals surface area contributed by atoms with Crippen molar-refractivity contribution >= 4 is 22.9 Å². The molecule has 0 saturated heterocycles. The molecule has 182 valence electrons. The molecule has 2 heterocycles. The van der Waals surface area contributed by atoms with Gasteiger partial charge in [0.1, 0.15) is 5.82 Å². The van der Waals surface area contributed by atoms with Crippen LogP contribution in [0.15, 0.2) is 83.0 Å². The van der Waals surface area contributed by atoms with Crippen LogP contribution in [0.25, 0.3) is 17.0 Å². The van der Waals surface area contributed by atoms with Gasteiger partial charge in [-0.25, -0.2) is 4.39 Å². The fraction of sp³-hybridized carbons (Fsp3) is 0.207. The molecule has 0 amide bonds. The Morgan fingerprint density at radius 2 is 1.72 bits per heavy atom.